The smallest absolute Gasteiger partial charge is 0.309 e. The minimum atomic E-state index is -0.101. The highest BCUT2D eigenvalue weighted by molar-refractivity contribution is 7.19. The molecule has 0 amide bonds. The van der Waals surface area contributed by atoms with Gasteiger partial charge in [0.2, 0.25) is 0 Å². The van der Waals surface area contributed by atoms with E-state index in [2.05, 4.69) is 32.4 Å². The lowest BCUT2D eigenvalue weighted by atomic mass is 9.88. The molecule has 1 aromatic carbocycles. The number of nitrogens with zero attached hydrogens (tertiary/aromatic N) is 3. The molecule has 0 unspecified atom stereocenters. The van der Waals surface area contributed by atoms with Crippen LogP contribution < -0.4 is 10.1 Å². The van der Waals surface area contributed by atoms with E-state index in [1.54, 1.807) is 17.7 Å². The fourth-order valence-electron chi connectivity index (χ4n) is 4.30. The predicted molar refractivity (Wildman–Crippen MR) is 122 cm³/mol. The molecule has 3 aromatic rings. The first-order chi connectivity index (χ1) is 15.2. The maximum atomic E-state index is 12.2. The Balaban J connectivity index is 1.51. The van der Waals surface area contributed by atoms with E-state index in [9.17, 15) is 4.79 Å². The first kappa shape index (κ1) is 19.9. The van der Waals surface area contributed by atoms with Crippen molar-refractivity contribution in [2.24, 2.45) is 10.9 Å². The van der Waals surface area contributed by atoms with Crippen molar-refractivity contribution in [3.8, 4) is 5.75 Å². The van der Waals surface area contributed by atoms with E-state index in [0.717, 1.165) is 45.9 Å². The van der Waals surface area contributed by atoms with Crippen LogP contribution in [0.25, 0.3) is 10.2 Å². The number of aliphatic imine (C=N–C) groups is 1. The Labute approximate surface area is 184 Å². The van der Waals surface area contributed by atoms with Gasteiger partial charge in [0.25, 0.3) is 0 Å². The summed E-state index contributed by atoms with van der Waals surface area (Å²) in [5, 5.41) is 4.54. The van der Waals surface area contributed by atoms with Gasteiger partial charge >= 0.3 is 5.97 Å². The van der Waals surface area contributed by atoms with Gasteiger partial charge in [0.05, 0.1) is 36.8 Å². The van der Waals surface area contributed by atoms with Crippen molar-refractivity contribution in [1.82, 2.24) is 9.97 Å². The van der Waals surface area contributed by atoms with Gasteiger partial charge in [0.1, 0.15) is 22.7 Å². The monoisotopic (exact) mass is 436 g/mol. The van der Waals surface area contributed by atoms with Gasteiger partial charge in [-0.25, -0.2) is 9.97 Å². The zero-order valence-corrected chi connectivity index (χ0v) is 18.4. The molecule has 5 rings (SSSR count). The van der Waals surface area contributed by atoms with Crippen molar-refractivity contribution in [2.45, 2.75) is 39.7 Å². The zero-order chi connectivity index (χ0) is 21.4. The first-order valence-electron chi connectivity index (χ1n) is 10.7. The Hall–Kier alpha value is -3.00. The van der Waals surface area contributed by atoms with E-state index < -0.39 is 0 Å². The number of nitrogens with one attached hydrogen (secondary N) is 1. The summed E-state index contributed by atoms with van der Waals surface area (Å²) in [6, 6.07) is 4.12. The fourth-order valence-corrected chi connectivity index (χ4v) is 5.57. The molecule has 1 atom stereocenters. The molecule has 3 heterocycles. The Kier molecular flexibility index (Phi) is 5.31. The van der Waals surface area contributed by atoms with Crippen molar-refractivity contribution in [3.05, 3.63) is 40.0 Å². The van der Waals surface area contributed by atoms with E-state index in [1.165, 1.54) is 16.0 Å². The van der Waals surface area contributed by atoms with E-state index in [1.807, 2.05) is 20.1 Å². The van der Waals surface area contributed by atoms with Gasteiger partial charge in [-0.2, -0.15) is 0 Å². The Bertz CT molecular complexity index is 1190. The minimum absolute atomic E-state index is 0.0783. The molecule has 0 fully saturated rings. The number of benzene rings is 1. The number of esters is 1. The third-order valence-corrected chi connectivity index (χ3v) is 6.91. The van der Waals surface area contributed by atoms with Crippen molar-refractivity contribution in [3.63, 3.8) is 0 Å². The van der Waals surface area contributed by atoms with Crippen LogP contribution in [0.4, 0.5) is 11.5 Å². The lowest BCUT2D eigenvalue weighted by Crippen LogP contribution is -2.23. The number of aryl methyl sites for hydroxylation is 1. The van der Waals surface area contributed by atoms with Crippen molar-refractivity contribution < 1.29 is 14.3 Å². The molecule has 2 aliphatic rings. The summed E-state index contributed by atoms with van der Waals surface area (Å²) < 4.78 is 11.1. The molecule has 7 nitrogen and oxygen atoms in total. The summed E-state index contributed by atoms with van der Waals surface area (Å²) in [7, 11) is 0. The van der Waals surface area contributed by atoms with Crippen LogP contribution in [0.5, 0.6) is 5.75 Å². The quantitative estimate of drug-likeness (QED) is 0.575. The van der Waals surface area contributed by atoms with Crippen molar-refractivity contribution in [1.29, 1.82) is 0 Å². The molecule has 0 saturated heterocycles. The van der Waals surface area contributed by atoms with Gasteiger partial charge in [-0.15, -0.1) is 11.3 Å². The van der Waals surface area contributed by atoms with E-state index in [0.29, 0.717) is 26.2 Å². The van der Waals surface area contributed by atoms with E-state index in [4.69, 9.17) is 9.47 Å². The lowest BCUT2D eigenvalue weighted by Gasteiger charge is -2.21. The highest BCUT2D eigenvalue weighted by atomic mass is 32.1. The molecule has 1 N–H and O–H groups in total. The number of carbonyl (C=O) groups is 1. The lowest BCUT2D eigenvalue weighted by molar-refractivity contribution is -0.148. The van der Waals surface area contributed by atoms with Crippen molar-refractivity contribution in [2.75, 3.05) is 18.5 Å². The summed E-state index contributed by atoms with van der Waals surface area (Å²) in [5.74, 6) is 1.39. The Morgan fingerprint density at radius 2 is 2.16 bits per heavy atom. The Morgan fingerprint density at radius 1 is 1.26 bits per heavy atom. The second kappa shape index (κ2) is 8.26. The van der Waals surface area contributed by atoms with E-state index >= 15 is 0 Å². The Morgan fingerprint density at radius 3 is 3.00 bits per heavy atom. The van der Waals surface area contributed by atoms with Crippen LogP contribution in [0.15, 0.2) is 23.5 Å². The third kappa shape index (κ3) is 3.65. The van der Waals surface area contributed by atoms with Crippen LogP contribution in [0.2, 0.25) is 0 Å². The molecule has 2 aromatic heterocycles. The second-order valence-electron chi connectivity index (χ2n) is 7.67. The number of hydrogen-bond donors (Lipinski definition) is 1. The molecule has 0 radical (unpaired) electrons. The van der Waals surface area contributed by atoms with Gasteiger partial charge in [-0.3, -0.25) is 9.79 Å². The molecule has 0 saturated carbocycles. The third-order valence-electron chi connectivity index (χ3n) is 5.75. The number of carbonyl (C=O) groups excluding carboxylic acids is 1. The molecular weight excluding hydrogens is 412 g/mol. The number of rotatable bonds is 6. The summed E-state index contributed by atoms with van der Waals surface area (Å²) in [4.78, 5) is 27.8. The van der Waals surface area contributed by atoms with Crippen LogP contribution in [0.3, 0.4) is 0 Å². The first-order valence-corrected chi connectivity index (χ1v) is 11.5. The van der Waals surface area contributed by atoms with Gasteiger partial charge in [0.15, 0.2) is 0 Å². The van der Waals surface area contributed by atoms with Crippen LogP contribution >= 0.6 is 11.3 Å². The average Bonchev–Trinajstić information content (AvgIpc) is 3.37. The van der Waals surface area contributed by atoms with Gasteiger partial charge in [-0.1, -0.05) is 0 Å². The predicted octanol–water partition coefficient (Wildman–Crippen LogP) is 4.43. The molecule has 1 aliphatic heterocycles. The molecule has 160 valence electrons. The SMILES string of the molecule is CCOC(=O)[C@@H]1CCc2c(sc3ncnc(Nc4cc5c(cc4OCC)CN=C5)c23)C1. The summed E-state index contributed by atoms with van der Waals surface area (Å²) >= 11 is 1.65. The maximum absolute atomic E-state index is 12.2. The largest absolute Gasteiger partial charge is 0.492 e. The number of thiophene rings is 1. The van der Waals surface area contributed by atoms with Gasteiger partial charge in [0, 0.05) is 11.1 Å². The highest BCUT2D eigenvalue weighted by Crippen LogP contribution is 2.42. The van der Waals surface area contributed by atoms with Crippen LogP contribution in [0.1, 0.15) is 41.8 Å². The van der Waals surface area contributed by atoms with Crippen molar-refractivity contribution >= 4 is 45.2 Å². The van der Waals surface area contributed by atoms with Gasteiger partial charge in [-0.05, 0) is 61.9 Å². The normalized spacial score (nSPS) is 16.8. The number of hydrogen-bond acceptors (Lipinski definition) is 8. The van der Waals surface area contributed by atoms with Crippen LogP contribution in [0, 0.1) is 5.92 Å². The molecule has 0 spiro atoms. The standard InChI is InChI=1S/C23H24N4O3S/c1-3-29-18-8-15-11-24-10-14(15)7-17(18)27-21-20-16-6-5-13(23(28)30-4-2)9-19(16)31-22(20)26-12-25-21/h7-8,10,12-13H,3-6,9,11H2,1-2H3,(H,25,26,27)/t13-/m1/s1. The molecule has 0 bridgehead atoms. The van der Waals surface area contributed by atoms with Crippen LogP contribution in [-0.2, 0) is 28.9 Å². The fraction of sp³-hybridized carbons (Fsp3) is 0.391. The highest BCUT2D eigenvalue weighted by Gasteiger charge is 2.30. The number of anilines is 2. The van der Waals surface area contributed by atoms with Gasteiger partial charge < -0.3 is 14.8 Å². The molecular formula is C23H24N4O3S. The number of aromatic nitrogens is 2. The van der Waals surface area contributed by atoms with E-state index in [-0.39, 0.29) is 11.9 Å². The zero-order valence-electron chi connectivity index (χ0n) is 17.6. The molecule has 8 heteroatoms. The topological polar surface area (TPSA) is 85.7 Å². The summed E-state index contributed by atoms with van der Waals surface area (Å²) in [6.07, 6.45) is 5.79. The summed E-state index contributed by atoms with van der Waals surface area (Å²) in [6.45, 7) is 5.51. The maximum Gasteiger partial charge on any atom is 0.309 e. The molecule has 31 heavy (non-hydrogen) atoms. The van der Waals surface area contributed by atoms with Crippen LogP contribution in [-0.4, -0.2) is 35.4 Å². The number of fused-ring (bicyclic) bond motifs is 4. The summed E-state index contributed by atoms with van der Waals surface area (Å²) in [5.41, 5.74) is 4.37. The minimum Gasteiger partial charge on any atom is -0.492 e. The average molecular weight is 437 g/mol. The number of ether oxygens (including phenoxy) is 2. The molecule has 1 aliphatic carbocycles. The second-order valence-corrected chi connectivity index (χ2v) is 8.76.